The fourth-order valence-electron chi connectivity index (χ4n) is 1.98. The summed E-state index contributed by atoms with van der Waals surface area (Å²) in [5.41, 5.74) is 0.824. The zero-order valence-corrected chi connectivity index (χ0v) is 9.54. The molecule has 1 saturated heterocycles. The van der Waals surface area contributed by atoms with Gasteiger partial charge in [-0.2, -0.15) is 0 Å². The number of aliphatic hydroxyl groups is 1. The number of rotatable bonds is 3. The molecule has 1 aliphatic heterocycles. The number of morpholine rings is 1. The normalized spacial score (nSPS) is 24.2. The average Bonchev–Trinajstić information content (AvgIpc) is 2.39. The van der Waals surface area contributed by atoms with Crippen molar-refractivity contribution >= 4 is 0 Å². The van der Waals surface area contributed by atoms with Gasteiger partial charge in [0.05, 0.1) is 6.61 Å². The van der Waals surface area contributed by atoms with Crippen molar-refractivity contribution < 1.29 is 9.84 Å². The molecule has 2 heterocycles. The first-order valence-electron chi connectivity index (χ1n) is 5.73. The van der Waals surface area contributed by atoms with E-state index in [1.54, 1.807) is 12.4 Å². The third-order valence-corrected chi connectivity index (χ3v) is 3.00. The minimum Gasteiger partial charge on any atom is -0.386 e. The molecule has 0 spiro atoms. The maximum absolute atomic E-state index is 10.2. The fourth-order valence-corrected chi connectivity index (χ4v) is 1.98. The van der Waals surface area contributed by atoms with Crippen LogP contribution in [0.25, 0.3) is 0 Å². The van der Waals surface area contributed by atoms with Crippen LogP contribution in [0.1, 0.15) is 18.6 Å². The highest BCUT2D eigenvalue weighted by Gasteiger charge is 2.27. The topological polar surface area (TPSA) is 45.6 Å². The summed E-state index contributed by atoms with van der Waals surface area (Å²) in [6.45, 7) is 5.55. The molecule has 16 heavy (non-hydrogen) atoms. The van der Waals surface area contributed by atoms with Crippen molar-refractivity contribution in [3.05, 3.63) is 30.1 Å². The van der Waals surface area contributed by atoms with E-state index in [1.807, 2.05) is 12.1 Å². The molecule has 0 aromatic carbocycles. The predicted molar refractivity (Wildman–Crippen MR) is 61.1 cm³/mol. The molecule has 1 aliphatic rings. The standard InChI is InChI=1S/C12H18N2O2/c1-2-14-6-7-16-11(9-14)12(15)10-4-3-5-13-8-10/h3-5,8,11-12,15H,2,6-7,9H2,1H3. The molecule has 2 atom stereocenters. The molecule has 0 radical (unpaired) electrons. The van der Waals surface area contributed by atoms with Crippen LogP contribution in [0.5, 0.6) is 0 Å². The van der Waals surface area contributed by atoms with Gasteiger partial charge in [-0.05, 0) is 12.6 Å². The summed E-state index contributed by atoms with van der Waals surface area (Å²) in [5, 5.41) is 10.2. The highest BCUT2D eigenvalue weighted by atomic mass is 16.5. The number of hydrogen-bond acceptors (Lipinski definition) is 4. The van der Waals surface area contributed by atoms with Crippen molar-refractivity contribution in [2.24, 2.45) is 0 Å². The number of ether oxygens (including phenoxy) is 1. The molecule has 2 rings (SSSR count). The van der Waals surface area contributed by atoms with Crippen LogP contribution in [-0.2, 0) is 4.74 Å². The summed E-state index contributed by atoms with van der Waals surface area (Å²) in [5.74, 6) is 0. The number of likely N-dealkylation sites (N-methyl/N-ethyl adjacent to an activating group) is 1. The largest absolute Gasteiger partial charge is 0.386 e. The molecule has 1 aromatic rings. The molecule has 88 valence electrons. The Morgan fingerprint density at radius 3 is 3.25 bits per heavy atom. The van der Waals surface area contributed by atoms with Crippen molar-refractivity contribution in [1.82, 2.24) is 9.88 Å². The lowest BCUT2D eigenvalue weighted by atomic mass is 10.1. The van der Waals surface area contributed by atoms with Crippen LogP contribution in [-0.4, -0.2) is 47.3 Å². The van der Waals surface area contributed by atoms with Crippen LogP contribution in [0, 0.1) is 0 Å². The Labute approximate surface area is 95.9 Å². The van der Waals surface area contributed by atoms with E-state index in [4.69, 9.17) is 4.74 Å². The molecule has 2 unspecified atom stereocenters. The summed E-state index contributed by atoms with van der Waals surface area (Å²) in [6, 6.07) is 3.71. The Hall–Kier alpha value is -0.970. The van der Waals surface area contributed by atoms with E-state index in [9.17, 15) is 5.11 Å². The monoisotopic (exact) mass is 222 g/mol. The van der Waals surface area contributed by atoms with Crippen LogP contribution in [0.4, 0.5) is 0 Å². The van der Waals surface area contributed by atoms with Gasteiger partial charge in [-0.3, -0.25) is 9.88 Å². The first kappa shape index (κ1) is 11.5. The number of pyridine rings is 1. The van der Waals surface area contributed by atoms with E-state index in [1.165, 1.54) is 0 Å². The summed E-state index contributed by atoms with van der Waals surface area (Å²) in [7, 11) is 0. The van der Waals surface area contributed by atoms with Crippen LogP contribution in [0.3, 0.4) is 0 Å². The lowest BCUT2D eigenvalue weighted by molar-refractivity contribution is -0.0889. The van der Waals surface area contributed by atoms with Gasteiger partial charge >= 0.3 is 0 Å². The SMILES string of the molecule is CCN1CCOC(C(O)c2cccnc2)C1. The molecule has 1 aromatic heterocycles. The van der Waals surface area contributed by atoms with Crippen molar-refractivity contribution in [3.8, 4) is 0 Å². The Bertz CT molecular complexity index is 318. The zero-order valence-electron chi connectivity index (χ0n) is 9.54. The van der Waals surface area contributed by atoms with Crippen molar-refractivity contribution in [2.45, 2.75) is 19.1 Å². The highest BCUT2D eigenvalue weighted by molar-refractivity contribution is 5.13. The molecule has 0 bridgehead atoms. The second-order valence-electron chi connectivity index (χ2n) is 4.03. The number of hydrogen-bond donors (Lipinski definition) is 1. The maximum atomic E-state index is 10.2. The molecule has 4 heteroatoms. The predicted octanol–water partition coefficient (Wildman–Crippen LogP) is 0.836. The van der Waals surface area contributed by atoms with E-state index >= 15 is 0 Å². The molecule has 1 fully saturated rings. The number of aliphatic hydroxyl groups excluding tert-OH is 1. The van der Waals surface area contributed by atoms with Crippen molar-refractivity contribution in [2.75, 3.05) is 26.2 Å². The Morgan fingerprint density at radius 2 is 2.56 bits per heavy atom. The van der Waals surface area contributed by atoms with Crippen LogP contribution in [0.15, 0.2) is 24.5 Å². The lowest BCUT2D eigenvalue weighted by Crippen LogP contribution is -2.44. The maximum Gasteiger partial charge on any atom is 0.108 e. The van der Waals surface area contributed by atoms with Gasteiger partial charge in [0.1, 0.15) is 12.2 Å². The highest BCUT2D eigenvalue weighted by Crippen LogP contribution is 2.21. The lowest BCUT2D eigenvalue weighted by Gasteiger charge is -2.34. The Morgan fingerprint density at radius 1 is 1.69 bits per heavy atom. The first-order chi connectivity index (χ1) is 7.81. The molecular weight excluding hydrogens is 204 g/mol. The quantitative estimate of drug-likeness (QED) is 0.823. The van der Waals surface area contributed by atoms with Crippen LogP contribution < -0.4 is 0 Å². The minimum atomic E-state index is -0.581. The van der Waals surface area contributed by atoms with Crippen LogP contribution in [0.2, 0.25) is 0 Å². The van der Waals surface area contributed by atoms with Crippen molar-refractivity contribution in [3.63, 3.8) is 0 Å². The van der Waals surface area contributed by atoms with Gasteiger partial charge in [0, 0.05) is 31.0 Å². The number of aromatic nitrogens is 1. The van der Waals surface area contributed by atoms with Gasteiger partial charge in [-0.25, -0.2) is 0 Å². The number of nitrogens with zero attached hydrogens (tertiary/aromatic N) is 2. The Kier molecular flexibility index (Phi) is 3.88. The third kappa shape index (κ3) is 2.58. The van der Waals surface area contributed by atoms with E-state index in [0.29, 0.717) is 6.61 Å². The third-order valence-electron chi connectivity index (χ3n) is 3.00. The molecule has 0 amide bonds. The Balaban J connectivity index is 2.01. The van der Waals surface area contributed by atoms with Crippen LogP contribution >= 0.6 is 0 Å². The summed E-state index contributed by atoms with van der Waals surface area (Å²) < 4.78 is 5.61. The molecule has 0 saturated carbocycles. The smallest absolute Gasteiger partial charge is 0.108 e. The van der Waals surface area contributed by atoms with Crippen molar-refractivity contribution in [1.29, 1.82) is 0 Å². The molecule has 0 aliphatic carbocycles. The van der Waals surface area contributed by atoms with Gasteiger partial charge in [0.15, 0.2) is 0 Å². The zero-order chi connectivity index (χ0) is 11.4. The summed E-state index contributed by atoms with van der Waals surface area (Å²) >= 11 is 0. The second kappa shape index (κ2) is 5.39. The van der Waals surface area contributed by atoms with Gasteiger partial charge in [-0.15, -0.1) is 0 Å². The molecule has 4 nitrogen and oxygen atoms in total. The second-order valence-corrected chi connectivity index (χ2v) is 4.03. The van der Waals surface area contributed by atoms with Gasteiger partial charge < -0.3 is 9.84 Å². The fraction of sp³-hybridized carbons (Fsp3) is 0.583. The van der Waals surface area contributed by atoms with E-state index < -0.39 is 6.10 Å². The summed E-state index contributed by atoms with van der Waals surface area (Å²) in [6.07, 6.45) is 2.68. The van der Waals surface area contributed by atoms with E-state index in [0.717, 1.165) is 25.2 Å². The molecule has 1 N–H and O–H groups in total. The average molecular weight is 222 g/mol. The van der Waals surface area contributed by atoms with E-state index in [2.05, 4.69) is 16.8 Å². The van der Waals surface area contributed by atoms with Gasteiger partial charge in [0.25, 0.3) is 0 Å². The van der Waals surface area contributed by atoms with Gasteiger partial charge in [0.2, 0.25) is 0 Å². The van der Waals surface area contributed by atoms with Gasteiger partial charge in [-0.1, -0.05) is 13.0 Å². The molecular formula is C12H18N2O2. The first-order valence-corrected chi connectivity index (χ1v) is 5.73. The summed E-state index contributed by atoms with van der Waals surface area (Å²) in [4.78, 5) is 6.30. The minimum absolute atomic E-state index is 0.141. The van der Waals surface area contributed by atoms with E-state index in [-0.39, 0.29) is 6.10 Å².